The number of benzene rings is 1. The van der Waals surface area contributed by atoms with E-state index in [0.717, 1.165) is 6.42 Å². The first-order chi connectivity index (χ1) is 8.45. The van der Waals surface area contributed by atoms with Gasteiger partial charge in [-0.15, -0.1) is 0 Å². The number of nitrogens with zero attached hydrogens (tertiary/aromatic N) is 1. The number of halogens is 1. The number of carbonyl (C=O) groups is 2. The first-order valence-electron chi connectivity index (χ1n) is 5.50. The van der Waals surface area contributed by atoms with Crippen LogP contribution in [0.3, 0.4) is 0 Å². The van der Waals surface area contributed by atoms with E-state index in [2.05, 4.69) is 5.32 Å². The van der Waals surface area contributed by atoms with Gasteiger partial charge in [0.2, 0.25) is 0 Å². The second-order valence-electron chi connectivity index (χ2n) is 3.85. The molecule has 0 aromatic heterocycles. The van der Waals surface area contributed by atoms with Crippen LogP contribution >= 0.6 is 11.6 Å². The van der Waals surface area contributed by atoms with E-state index in [4.69, 9.17) is 16.7 Å². The van der Waals surface area contributed by atoms with Crippen molar-refractivity contribution in [2.45, 2.75) is 13.3 Å². The second-order valence-corrected chi connectivity index (χ2v) is 4.26. The molecule has 0 spiro atoms. The molecule has 0 bridgehead atoms. The third-order valence-electron chi connectivity index (χ3n) is 2.35. The molecule has 0 heterocycles. The molecule has 2 N–H and O–H groups in total. The predicted octanol–water partition coefficient (Wildman–Crippen LogP) is 2.91. The van der Waals surface area contributed by atoms with Gasteiger partial charge in [-0.1, -0.05) is 18.5 Å². The van der Waals surface area contributed by atoms with E-state index in [1.807, 2.05) is 6.92 Å². The van der Waals surface area contributed by atoms with Gasteiger partial charge < -0.3 is 15.3 Å². The second kappa shape index (κ2) is 6.26. The molecule has 98 valence electrons. The van der Waals surface area contributed by atoms with Crippen LogP contribution in [0.5, 0.6) is 0 Å². The summed E-state index contributed by atoms with van der Waals surface area (Å²) in [6.07, 6.45) is 0.852. The lowest BCUT2D eigenvalue weighted by molar-refractivity contribution is 0.0697. The number of hydrogen-bond acceptors (Lipinski definition) is 2. The molecule has 0 unspecified atom stereocenters. The molecule has 1 aromatic carbocycles. The smallest absolute Gasteiger partial charge is 0.337 e. The van der Waals surface area contributed by atoms with Crippen molar-refractivity contribution >= 4 is 29.3 Å². The van der Waals surface area contributed by atoms with Gasteiger partial charge in [0.1, 0.15) is 0 Å². The number of urea groups is 1. The summed E-state index contributed by atoms with van der Waals surface area (Å²) in [6, 6.07) is 4.06. The van der Waals surface area contributed by atoms with Crippen molar-refractivity contribution in [1.82, 2.24) is 4.90 Å². The first kappa shape index (κ1) is 14.3. The maximum Gasteiger partial charge on any atom is 0.337 e. The van der Waals surface area contributed by atoms with Crippen molar-refractivity contribution in [3.8, 4) is 0 Å². The molecular formula is C12H15ClN2O3. The molecule has 0 fully saturated rings. The van der Waals surface area contributed by atoms with Gasteiger partial charge >= 0.3 is 12.0 Å². The van der Waals surface area contributed by atoms with Gasteiger partial charge in [0.05, 0.1) is 10.6 Å². The molecule has 0 atom stereocenters. The van der Waals surface area contributed by atoms with Gasteiger partial charge in [-0.2, -0.15) is 0 Å². The van der Waals surface area contributed by atoms with Gasteiger partial charge in [-0.25, -0.2) is 9.59 Å². The van der Waals surface area contributed by atoms with E-state index in [0.29, 0.717) is 12.2 Å². The Kier molecular flexibility index (Phi) is 4.97. The summed E-state index contributed by atoms with van der Waals surface area (Å²) in [5.41, 5.74) is 0.373. The molecule has 0 aliphatic heterocycles. The van der Waals surface area contributed by atoms with Gasteiger partial charge in [0.25, 0.3) is 0 Å². The molecule has 2 amide bonds. The number of aromatic carboxylic acids is 1. The van der Waals surface area contributed by atoms with E-state index >= 15 is 0 Å². The van der Waals surface area contributed by atoms with Crippen molar-refractivity contribution in [1.29, 1.82) is 0 Å². The normalized spacial score (nSPS) is 9.94. The Hall–Kier alpha value is -1.75. The Labute approximate surface area is 110 Å². The van der Waals surface area contributed by atoms with Crippen LogP contribution < -0.4 is 5.32 Å². The van der Waals surface area contributed by atoms with Gasteiger partial charge in [0.15, 0.2) is 0 Å². The Balaban J connectivity index is 2.82. The molecule has 6 heteroatoms. The maximum absolute atomic E-state index is 11.7. The number of carboxylic acids is 1. The van der Waals surface area contributed by atoms with Crippen LogP contribution in [0, 0.1) is 0 Å². The SMILES string of the molecule is CCCN(C)C(=O)Nc1ccc(Cl)c(C(=O)O)c1. The number of hydrogen-bond donors (Lipinski definition) is 2. The van der Waals surface area contributed by atoms with Crippen molar-refractivity contribution in [3.63, 3.8) is 0 Å². The summed E-state index contributed by atoms with van der Waals surface area (Å²) in [5.74, 6) is -1.13. The molecule has 0 saturated heterocycles. The molecule has 18 heavy (non-hydrogen) atoms. The first-order valence-corrected chi connectivity index (χ1v) is 5.88. The zero-order valence-corrected chi connectivity index (χ0v) is 11.0. The van der Waals surface area contributed by atoms with E-state index in [1.165, 1.54) is 17.0 Å². The lowest BCUT2D eigenvalue weighted by atomic mass is 10.2. The van der Waals surface area contributed by atoms with E-state index in [9.17, 15) is 9.59 Å². The fourth-order valence-electron chi connectivity index (χ4n) is 1.42. The number of nitrogens with one attached hydrogen (secondary N) is 1. The summed E-state index contributed by atoms with van der Waals surface area (Å²) in [4.78, 5) is 24.1. The summed E-state index contributed by atoms with van der Waals surface area (Å²) < 4.78 is 0. The molecule has 0 saturated carbocycles. The van der Waals surface area contributed by atoms with Crippen LogP contribution in [0.4, 0.5) is 10.5 Å². The molecule has 1 rings (SSSR count). The Morgan fingerprint density at radius 3 is 2.67 bits per heavy atom. The minimum Gasteiger partial charge on any atom is -0.478 e. The number of amides is 2. The number of carboxylic acid groups (broad SMARTS) is 1. The van der Waals surface area contributed by atoms with E-state index in [-0.39, 0.29) is 16.6 Å². The van der Waals surface area contributed by atoms with Crippen molar-refractivity contribution in [3.05, 3.63) is 28.8 Å². The monoisotopic (exact) mass is 270 g/mol. The minimum absolute atomic E-state index is 0.0346. The van der Waals surface area contributed by atoms with Crippen LogP contribution in [0.25, 0.3) is 0 Å². The summed E-state index contributed by atoms with van der Waals surface area (Å²) in [6.45, 7) is 2.60. The summed E-state index contributed by atoms with van der Waals surface area (Å²) >= 11 is 5.74. The third-order valence-corrected chi connectivity index (χ3v) is 2.68. The Morgan fingerprint density at radius 2 is 2.11 bits per heavy atom. The molecule has 0 aliphatic rings. The van der Waals surface area contributed by atoms with Crippen LogP contribution in [0.1, 0.15) is 23.7 Å². The van der Waals surface area contributed by atoms with E-state index in [1.54, 1.807) is 13.1 Å². The van der Waals surface area contributed by atoms with Crippen LogP contribution in [0.2, 0.25) is 5.02 Å². The Bertz CT molecular complexity index is 463. The zero-order chi connectivity index (χ0) is 13.7. The van der Waals surface area contributed by atoms with Crippen LogP contribution in [-0.4, -0.2) is 35.6 Å². The quantitative estimate of drug-likeness (QED) is 0.884. The third kappa shape index (κ3) is 3.63. The Morgan fingerprint density at radius 1 is 1.44 bits per heavy atom. The number of anilines is 1. The highest BCUT2D eigenvalue weighted by Crippen LogP contribution is 2.20. The maximum atomic E-state index is 11.7. The molecule has 0 aliphatic carbocycles. The average Bonchev–Trinajstić information content (AvgIpc) is 2.31. The molecule has 1 aromatic rings. The lowest BCUT2D eigenvalue weighted by Gasteiger charge is -2.17. The zero-order valence-electron chi connectivity index (χ0n) is 10.2. The standard InChI is InChI=1S/C12H15ClN2O3/c1-3-6-15(2)12(18)14-8-4-5-10(13)9(7-8)11(16)17/h4-5,7H,3,6H2,1-2H3,(H,14,18)(H,16,17). The van der Waals surface area contributed by atoms with E-state index < -0.39 is 5.97 Å². The molecular weight excluding hydrogens is 256 g/mol. The van der Waals surface area contributed by atoms with Crippen molar-refractivity contribution in [2.24, 2.45) is 0 Å². The fraction of sp³-hybridized carbons (Fsp3) is 0.333. The summed E-state index contributed by atoms with van der Waals surface area (Å²) in [7, 11) is 1.67. The van der Waals surface area contributed by atoms with Gasteiger partial charge in [-0.05, 0) is 24.6 Å². The highest BCUT2D eigenvalue weighted by atomic mass is 35.5. The number of carbonyl (C=O) groups excluding carboxylic acids is 1. The largest absolute Gasteiger partial charge is 0.478 e. The highest BCUT2D eigenvalue weighted by molar-refractivity contribution is 6.33. The fourth-order valence-corrected chi connectivity index (χ4v) is 1.62. The van der Waals surface area contributed by atoms with Gasteiger partial charge in [-0.3, -0.25) is 0 Å². The van der Waals surface area contributed by atoms with Crippen LogP contribution in [0.15, 0.2) is 18.2 Å². The lowest BCUT2D eigenvalue weighted by Crippen LogP contribution is -2.31. The topological polar surface area (TPSA) is 69.6 Å². The van der Waals surface area contributed by atoms with Crippen molar-refractivity contribution < 1.29 is 14.7 Å². The number of rotatable bonds is 4. The molecule has 5 nitrogen and oxygen atoms in total. The predicted molar refractivity (Wildman–Crippen MR) is 70.4 cm³/mol. The van der Waals surface area contributed by atoms with Gasteiger partial charge in [0, 0.05) is 19.3 Å². The molecule has 0 radical (unpaired) electrons. The summed E-state index contributed by atoms with van der Waals surface area (Å²) in [5, 5.41) is 11.7. The highest BCUT2D eigenvalue weighted by Gasteiger charge is 2.12. The van der Waals surface area contributed by atoms with Crippen molar-refractivity contribution in [2.75, 3.05) is 18.9 Å². The average molecular weight is 271 g/mol. The minimum atomic E-state index is -1.13. The van der Waals surface area contributed by atoms with Crippen LogP contribution in [-0.2, 0) is 0 Å².